The molecule has 2 aromatic heterocycles. The molecule has 7 rings (SSSR count). The lowest BCUT2D eigenvalue weighted by Gasteiger charge is -2.33. The number of carbonyl (C=O) groups excluding carboxylic acids is 2. The van der Waals surface area contributed by atoms with Crippen molar-refractivity contribution in [2.24, 2.45) is 14.1 Å². The van der Waals surface area contributed by atoms with Crippen LogP contribution in [0.5, 0.6) is 11.5 Å². The van der Waals surface area contributed by atoms with Gasteiger partial charge in [-0.2, -0.15) is 0 Å². The first-order valence-corrected chi connectivity index (χ1v) is 14.4. The minimum Gasteiger partial charge on any atom is -0.423 e. The van der Waals surface area contributed by atoms with Crippen LogP contribution in [0.25, 0.3) is 21.8 Å². The fraction of sp³-hybridized carbons (Fsp3) is 0.105. The third-order valence-electron chi connectivity index (χ3n) is 8.66. The lowest BCUT2D eigenvalue weighted by Crippen LogP contribution is -2.22. The van der Waals surface area contributed by atoms with Crippen LogP contribution in [0.1, 0.15) is 45.5 Å². The Morgan fingerprint density at radius 3 is 1.43 bits per heavy atom. The third kappa shape index (κ3) is 4.18. The average molecular weight is 579 g/mol. The zero-order valence-corrected chi connectivity index (χ0v) is 24.5. The molecule has 0 radical (unpaired) electrons. The maximum absolute atomic E-state index is 12.1. The fourth-order valence-electron chi connectivity index (χ4n) is 6.94. The van der Waals surface area contributed by atoms with Crippen molar-refractivity contribution in [3.05, 3.63) is 156 Å². The van der Waals surface area contributed by atoms with Crippen molar-refractivity contribution in [2.75, 3.05) is 0 Å². The van der Waals surface area contributed by atoms with Crippen molar-refractivity contribution >= 4 is 33.7 Å². The smallest absolute Gasteiger partial charge is 0.335 e. The number of fused-ring (bicyclic) bond motifs is 6. The highest BCUT2D eigenvalue weighted by Crippen LogP contribution is 2.54. The van der Waals surface area contributed by atoms with Crippen LogP contribution in [0.3, 0.4) is 0 Å². The molecule has 6 heteroatoms. The first-order valence-electron chi connectivity index (χ1n) is 14.4. The number of hydrogen-bond acceptors (Lipinski definition) is 4. The first kappa shape index (κ1) is 27.2. The molecule has 6 nitrogen and oxygen atoms in total. The Hall–Kier alpha value is -5.62. The maximum Gasteiger partial charge on any atom is 0.335 e. The number of rotatable bonds is 6. The summed E-state index contributed by atoms with van der Waals surface area (Å²) < 4.78 is 15.7. The van der Waals surface area contributed by atoms with E-state index in [1.54, 1.807) is 12.1 Å². The van der Waals surface area contributed by atoms with E-state index in [-0.39, 0.29) is 11.8 Å². The molecule has 216 valence electrons. The van der Waals surface area contributed by atoms with E-state index in [9.17, 15) is 9.59 Å². The molecule has 0 amide bonds. The van der Waals surface area contributed by atoms with E-state index in [2.05, 4.69) is 97.1 Å². The van der Waals surface area contributed by atoms with Gasteiger partial charge in [0.05, 0.1) is 11.8 Å². The molecule has 2 unspecified atom stereocenters. The number of nitrogens with zero attached hydrogens (tertiary/aromatic N) is 2. The standard InChI is InChI=1S/C38H30N2O4/c1-5-31(41)43-25-15-11-13-23(21-25)33-35-27-17-7-9-19-29(27)40(4)38(35)34(24-14-12-16-26(22-24)44-32(42)6-2)36-28-18-8-10-20-30(28)39(3)37(33)36/h5-22,33-34H,1-2H2,3-4H3. The van der Waals surface area contributed by atoms with Crippen LogP contribution in [-0.2, 0) is 23.7 Å². The molecule has 0 saturated carbocycles. The molecule has 4 aromatic carbocycles. The SMILES string of the molecule is C=CC(=O)Oc1cccc(C2c3c(n(C)c4ccccc34)C(c3cccc(OC(=O)C=C)c3)c3c2n(C)c2ccccc32)c1. The van der Waals surface area contributed by atoms with Crippen LogP contribution < -0.4 is 9.47 Å². The summed E-state index contributed by atoms with van der Waals surface area (Å²) in [6, 6.07) is 32.5. The van der Waals surface area contributed by atoms with E-state index in [1.807, 2.05) is 24.3 Å². The zero-order valence-electron chi connectivity index (χ0n) is 24.5. The molecular weight excluding hydrogens is 548 g/mol. The molecule has 0 aliphatic heterocycles. The van der Waals surface area contributed by atoms with Gasteiger partial charge in [-0.25, -0.2) is 9.59 Å². The van der Waals surface area contributed by atoms with Gasteiger partial charge in [-0.15, -0.1) is 0 Å². The average Bonchev–Trinajstić information content (AvgIpc) is 3.51. The molecule has 0 saturated heterocycles. The summed E-state index contributed by atoms with van der Waals surface area (Å²) in [4.78, 5) is 24.3. The maximum atomic E-state index is 12.1. The lowest BCUT2D eigenvalue weighted by molar-refractivity contribution is -0.129. The number of aryl methyl sites for hydroxylation is 2. The van der Waals surface area contributed by atoms with E-state index < -0.39 is 11.9 Å². The molecule has 1 aliphatic rings. The van der Waals surface area contributed by atoms with Crippen molar-refractivity contribution in [3.63, 3.8) is 0 Å². The van der Waals surface area contributed by atoms with Crippen molar-refractivity contribution < 1.29 is 19.1 Å². The first-order chi connectivity index (χ1) is 21.4. The summed E-state index contributed by atoms with van der Waals surface area (Å²) in [7, 11) is 4.23. The quantitative estimate of drug-likeness (QED) is 0.116. The number of esters is 2. The molecule has 44 heavy (non-hydrogen) atoms. The van der Waals surface area contributed by atoms with Gasteiger partial charge in [0.15, 0.2) is 0 Å². The Balaban J connectivity index is 1.57. The van der Waals surface area contributed by atoms with Gasteiger partial charge in [-0.05, 0) is 58.7 Å². The summed E-state index contributed by atoms with van der Waals surface area (Å²) in [6.07, 6.45) is 2.34. The predicted octanol–water partition coefficient (Wildman–Crippen LogP) is 7.53. The van der Waals surface area contributed by atoms with Crippen molar-refractivity contribution in [1.82, 2.24) is 9.13 Å². The van der Waals surface area contributed by atoms with E-state index in [4.69, 9.17) is 9.47 Å². The highest BCUT2D eigenvalue weighted by molar-refractivity contribution is 5.94. The molecular formula is C38H30N2O4. The number of ether oxygens (including phenoxy) is 2. The second kappa shape index (κ2) is 10.6. The van der Waals surface area contributed by atoms with Gasteiger partial charge in [-0.1, -0.05) is 73.8 Å². The Bertz CT molecular complexity index is 1990. The number of aromatic nitrogens is 2. The highest BCUT2D eigenvalue weighted by Gasteiger charge is 2.41. The molecule has 0 spiro atoms. The van der Waals surface area contributed by atoms with Crippen LogP contribution in [0.15, 0.2) is 122 Å². The molecule has 2 heterocycles. The Morgan fingerprint density at radius 2 is 1.02 bits per heavy atom. The molecule has 0 bridgehead atoms. The lowest BCUT2D eigenvalue weighted by atomic mass is 9.72. The van der Waals surface area contributed by atoms with E-state index in [1.165, 1.54) is 23.3 Å². The van der Waals surface area contributed by atoms with Gasteiger partial charge in [0.25, 0.3) is 0 Å². The summed E-state index contributed by atoms with van der Waals surface area (Å²) in [5.41, 5.74) is 8.94. The topological polar surface area (TPSA) is 62.5 Å². The minimum absolute atomic E-state index is 0.163. The van der Waals surface area contributed by atoms with Crippen molar-refractivity contribution in [3.8, 4) is 11.5 Å². The Kier molecular flexibility index (Phi) is 6.55. The van der Waals surface area contributed by atoms with Gasteiger partial charge in [0.1, 0.15) is 11.5 Å². The minimum atomic E-state index is -0.501. The molecule has 2 atom stereocenters. The van der Waals surface area contributed by atoms with Gasteiger partial charge in [0, 0.05) is 59.4 Å². The summed E-state index contributed by atoms with van der Waals surface area (Å²) >= 11 is 0. The number of para-hydroxylation sites is 2. The Morgan fingerprint density at radius 1 is 0.614 bits per heavy atom. The van der Waals surface area contributed by atoms with Crippen LogP contribution in [0, 0.1) is 0 Å². The van der Waals surface area contributed by atoms with E-state index in [0.717, 1.165) is 44.3 Å². The third-order valence-corrected chi connectivity index (χ3v) is 8.66. The zero-order chi connectivity index (χ0) is 30.5. The molecule has 1 aliphatic carbocycles. The molecule has 0 N–H and O–H groups in total. The summed E-state index contributed by atoms with van der Waals surface area (Å²) in [6.45, 7) is 7.10. The second-order valence-corrected chi connectivity index (χ2v) is 11.0. The number of hydrogen-bond donors (Lipinski definition) is 0. The summed E-state index contributed by atoms with van der Waals surface area (Å²) in [5, 5.41) is 2.30. The molecule has 0 fully saturated rings. The van der Waals surface area contributed by atoms with Gasteiger partial charge < -0.3 is 18.6 Å². The van der Waals surface area contributed by atoms with Crippen LogP contribution in [-0.4, -0.2) is 21.1 Å². The van der Waals surface area contributed by atoms with Crippen molar-refractivity contribution in [1.29, 1.82) is 0 Å². The Labute approximate surface area is 255 Å². The van der Waals surface area contributed by atoms with Crippen molar-refractivity contribution in [2.45, 2.75) is 11.8 Å². The van der Waals surface area contributed by atoms with Crippen LogP contribution >= 0.6 is 0 Å². The monoisotopic (exact) mass is 578 g/mol. The molecule has 6 aromatic rings. The van der Waals surface area contributed by atoms with Gasteiger partial charge in [0.2, 0.25) is 0 Å². The predicted molar refractivity (Wildman–Crippen MR) is 172 cm³/mol. The van der Waals surface area contributed by atoms with Gasteiger partial charge >= 0.3 is 11.9 Å². The fourth-order valence-corrected chi connectivity index (χ4v) is 6.94. The number of benzene rings is 4. The van der Waals surface area contributed by atoms with Crippen LogP contribution in [0.2, 0.25) is 0 Å². The normalized spacial score (nSPS) is 15.4. The largest absolute Gasteiger partial charge is 0.423 e. The summed E-state index contributed by atoms with van der Waals surface area (Å²) in [5.74, 6) is -0.396. The number of carbonyl (C=O) groups is 2. The van der Waals surface area contributed by atoms with Crippen LogP contribution in [0.4, 0.5) is 0 Å². The van der Waals surface area contributed by atoms with E-state index >= 15 is 0 Å². The van der Waals surface area contributed by atoms with Gasteiger partial charge in [-0.3, -0.25) is 0 Å². The van der Waals surface area contributed by atoms with E-state index in [0.29, 0.717) is 11.5 Å². The second-order valence-electron chi connectivity index (χ2n) is 11.0. The highest BCUT2D eigenvalue weighted by atomic mass is 16.5.